The topological polar surface area (TPSA) is 177 Å². The van der Waals surface area contributed by atoms with E-state index in [2.05, 4.69) is 5.32 Å². The fourth-order valence-electron chi connectivity index (χ4n) is 6.95. The summed E-state index contributed by atoms with van der Waals surface area (Å²) in [6.07, 6.45) is 1.41. The van der Waals surface area contributed by atoms with Crippen LogP contribution in [0, 0.1) is 23.6 Å². The summed E-state index contributed by atoms with van der Waals surface area (Å²) in [5.41, 5.74) is 0.305. The van der Waals surface area contributed by atoms with Crippen molar-refractivity contribution in [2.45, 2.75) is 51.2 Å². The lowest BCUT2D eigenvalue weighted by molar-refractivity contribution is -0.147. The summed E-state index contributed by atoms with van der Waals surface area (Å²) in [7, 11) is 2.85. The van der Waals surface area contributed by atoms with Gasteiger partial charge in [-0.15, -0.1) is 0 Å². The molecule has 3 N–H and O–H groups in total. The molecule has 3 aliphatic rings. The molecule has 2 aromatic carbocycles. The first-order chi connectivity index (χ1) is 23.5. The molecule has 1 saturated heterocycles. The summed E-state index contributed by atoms with van der Waals surface area (Å²) in [5.74, 6) is -2.41. The summed E-state index contributed by atoms with van der Waals surface area (Å²) < 4.78 is 48.3. The number of halogens is 1. The normalized spacial score (nSPS) is 21.1. The lowest BCUT2D eigenvalue weighted by atomic mass is 9.65. The number of benzene rings is 2. The monoisotopic (exact) mass is 683 g/mol. The molecular weight excluding hydrogens is 645 g/mol. The van der Waals surface area contributed by atoms with Crippen molar-refractivity contribution in [2.24, 2.45) is 17.8 Å². The highest BCUT2D eigenvalue weighted by Gasteiger charge is 2.53. The number of H-pyrrole nitrogens is 1. The Labute approximate surface area is 280 Å². The van der Waals surface area contributed by atoms with Gasteiger partial charge in [0, 0.05) is 24.4 Å². The summed E-state index contributed by atoms with van der Waals surface area (Å²) in [6.45, 7) is 4.01. The second-order valence-electron chi connectivity index (χ2n) is 12.7. The van der Waals surface area contributed by atoms with Crippen LogP contribution in [0.4, 0.5) is 4.39 Å². The SMILES string of the molecule is COc1cc([C@@H]2c3cc4c(cc3[C@@H](N[C@@H](CC(C)C)C(=O)OCCCn3cc(F)c(=O)[nH]c3=O)[C@H]3COC(=O)[C@H]23)OCO4)cc(OC)c1O. The quantitative estimate of drug-likeness (QED) is 0.188. The molecule has 3 aromatic rings. The number of nitrogens with one attached hydrogen (secondary N) is 2. The van der Waals surface area contributed by atoms with Crippen LogP contribution in [0.2, 0.25) is 0 Å². The average Bonchev–Trinajstić information content (AvgIpc) is 3.70. The molecule has 6 rings (SSSR count). The van der Waals surface area contributed by atoms with Crippen molar-refractivity contribution in [3.63, 3.8) is 0 Å². The zero-order chi connectivity index (χ0) is 35.0. The Morgan fingerprint density at radius 3 is 2.39 bits per heavy atom. The average molecular weight is 684 g/mol. The third kappa shape index (κ3) is 6.54. The van der Waals surface area contributed by atoms with Gasteiger partial charge >= 0.3 is 17.6 Å². The molecule has 262 valence electrons. The Morgan fingerprint density at radius 1 is 1.06 bits per heavy atom. The number of nitrogens with zero attached hydrogens (tertiary/aromatic N) is 1. The largest absolute Gasteiger partial charge is 0.502 e. The number of rotatable bonds is 12. The smallest absolute Gasteiger partial charge is 0.328 e. The Morgan fingerprint density at radius 2 is 1.73 bits per heavy atom. The van der Waals surface area contributed by atoms with E-state index in [4.69, 9.17) is 28.4 Å². The van der Waals surface area contributed by atoms with Crippen molar-refractivity contribution in [1.29, 1.82) is 0 Å². The van der Waals surface area contributed by atoms with E-state index in [1.807, 2.05) is 31.0 Å². The van der Waals surface area contributed by atoms with Crippen molar-refractivity contribution >= 4 is 11.9 Å². The first kappa shape index (κ1) is 33.8. The summed E-state index contributed by atoms with van der Waals surface area (Å²) in [4.78, 5) is 52.4. The number of esters is 2. The number of phenolic OH excluding ortho intramolecular Hbond substituents is 1. The van der Waals surface area contributed by atoms with Gasteiger partial charge in [0.15, 0.2) is 23.0 Å². The highest BCUT2D eigenvalue weighted by molar-refractivity contribution is 5.79. The molecule has 0 spiro atoms. The molecule has 2 aliphatic heterocycles. The van der Waals surface area contributed by atoms with Gasteiger partial charge in [-0.1, -0.05) is 13.8 Å². The number of aromatic amines is 1. The molecule has 0 saturated carbocycles. The zero-order valence-electron chi connectivity index (χ0n) is 27.4. The number of aryl methyl sites for hydroxylation is 1. The maximum Gasteiger partial charge on any atom is 0.328 e. The van der Waals surface area contributed by atoms with Crippen molar-refractivity contribution in [1.82, 2.24) is 14.9 Å². The fraction of sp³-hybridized carbons (Fsp3) is 0.471. The molecule has 0 unspecified atom stereocenters. The van der Waals surface area contributed by atoms with Gasteiger partial charge in [-0.2, -0.15) is 4.39 Å². The maximum atomic E-state index is 13.7. The number of ether oxygens (including phenoxy) is 6. The van der Waals surface area contributed by atoms with Crippen molar-refractivity contribution in [2.75, 3.05) is 34.2 Å². The standard InChI is InChI=1S/C34H38FN3O11/c1-16(2)8-22(32(41)46-7-5-6-38-13-21(35)31(40)37-34(38)43)36-29-19-12-24-23(48-15-49-24)11-18(19)27(28-20(29)14-47-33(28)42)17-9-25(44-3)30(39)26(10-17)45-4/h9-13,16,20,22,27-29,36,39H,5-8,14-15H2,1-4H3,(H,37,40,43)/t20-,22-,27+,28-,29+/m0/s1. The minimum Gasteiger partial charge on any atom is -0.502 e. The van der Waals surface area contributed by atoms with Crippen LogP contribution >= 0.6 is 0 Å². The van der Waals surface area contributed by atoms with Crippen LogP contribution in [-0.4, -0.2) is 66.9 Å². The Kier molecular flexibility index (Phi) is 9.54. The van der Waals surface area contributed by atoms with Crippen LogP contribution in [-0.2, 0) is 25.6 Å². The number of cyclic esters (lactones) is 1. The predicted octanol–water partition coefficient (Wildman–Crippen LogP) is 2.74. The first-order valence-electron chi connectivity index (χ1n) is 16.0. The summed E-state index contributed by atoms with van der Waals surface area (Å²) in [5, 5.41) is 14.1. The molecule has 3 heterocycles. The van der Waals surface area contributed by atoms with E-state index in [0.717, 1.165) is 21.9 Å². The molecule has 0 bridgehead atoms. The fourth-order valence-corrected chi connectivity index (χ4v) is 6.95. The van der Waals surface area contributed by atoms with E-state index >= 15 is 0 Å². The Balaban J connectivity index is 1.32. The molecule has 14 nitrogen and oxygen atoms in total. The number of hydrogen-bond acceptors (Lipinski definition) is 12. The highest BCUT2D eigenvalue weighted by atomic mass is 19.1. The van der Waals surface area contributed by atoms with E-state index in [0.29, 0.717) is 23.5 Å². The molecular formula is C34H38FN3O11. The number of methoxy groups -OCH3 is 2. The van der Waals surface area contributed by atoms with Crippen LogP contribution in [0.15, 0.2) is 40.1 Å². The second-order valence-corrected chi connectivity index (χ2v) is 12.7. The third-order valence-electron chi connectivity index (χ3n) is 9.18. The molecule has 1 aliphatic carbocycles. The number of aromatic hydroxyl groups is 1. The van der Waals surface area contributed by atoms with Crippen molar-refractivity contribution < 1.29 is 47.5 Å². The van der Waals surface area contributed by atoms with E-state index in [1.54, 1.807) is 12.1 Å². The van der Waals surface area contributed by atoms with Gasteiger partial charge in [-0.25, -0.2) is 4.79 Å². The van der Waals surface area contributed by atoms with Crippen molar-refractivity contribution in [3.8, 4) is 28.7 Å². The van der Waals surface area contributed by atoms with Crippen molar-refractivity contribution in [3.05, 3.63) is 73.8 Å². The summed E-state index contributed by atoms with van der Waals surface area (Å²) >= 11 is 0. The number of hydrogen-bond donors (Lipinski definition) is 3. The molecule has 0 radical (unpaired) electrons. The number of carbonyl (C=O) groups excluding carboxylic acids is 2. The van der Waals surface area contributed by atoms with E-state index < -0.39 is 58.8 Å². The minimum absolute atomic E-state index is 0.0166. The molecule has 15 heteroatoms. The van der Waals surface area contributed by atoms with Gasteiger partial charge in [0.2, 0.25) is 18.4 Å². The molecule has 5 atom stereocenters. The minimum atomic E-state index is -1.10. The van der Waals surface area contributed by atoms with Crippen LogP contribution in [0.5, 0.6) is 28.7 Å². The van der Waals surface area contributed by atoms with Gasteiger partial charge in [0.1, 0.15) is 6.04 Å². The molecule has 1 aromatic heterocycles. The van der Waals surface area contributed by atoms with Crippen LogP contribution in [0.3, 0.4) is 0 Å². The summed E-state index contributed by atoms with van der Waals surface area (Å²) in [6, 6.07) is 5.69. The van der Waals surface area contributed by atoms with Crippen LogP contribution < -0.4 is 35.5 Å². The first-order valence-corrected chi connectivity index (χ1v) is 16.0. The number of carbonyl (C=O) groups is 2. The van der Waals surface area contributed by atoms with Gasteiger partial charge in [0.05, 0.1) is 39.5 Å². The second kappa shape index (κ2) is 13.8. The van der Waals surface area contributed by atoms with Gasteiger partial charge in [-0.05, 0) is 59.7 Å². The number of fused-ring (bicyclic) bond motifs is 3. The lowest BCUT2D eigenvalue weighted by Gasteiger charge is -2.41. The van der Waals surface area contributed by atoms with Gasteiger partial charge < -0.3 is 33.5 Å². The molecule has 49 heavy (non-hydrogen) atoms. The van der Waals surface area contributed by atoms with Crippen LogP contribution in [0.1, 0.15) is 55.3 Å². The molecule has 0 amide bonds. The Bertz CT molecular complexity index is 1850. The lowest BCUT2D eigenvalue weighted by Crippen LogP contribution is -2.48. The van der Waals surface area contributed by atoms with Gasteiger partial charge in [-0.3, -0.25) is 29.3 Å². The highest BCUT2D eigenvalue weighted by Crippen LogP contribution is 2.55. The number of phenols is 1. The van der Waals surface area contributed by atoms with E-state index in [-0.39, 0.29) is 56.1 Å². The van der Waals surface area contributed by atoms with E-state index in [1.165, 1.54) is 14.2 Å². The van der Waals surface area contributed by atoms with Gasteiger partial charge in [0.25, 0.3) is 5.56 Å². The third-order valence-corrected chi connectivity index (χ3v) is 9.18. The number of aromatic nitrogens is 2. The van der Waals surface area contributed by atoms with Crippen LogP contribution in [0.25, 0.3) is 0 Å². The maximum absolute atomic E-state index is 13.7. The molecule has 1 fully saturated rings. The zero-order valence-corrected chi connectivity index (χ0v) is 27.4. The predicted molar refractivity (Wildman–Crippen MR) is 170 cm³/mol. The van der Waals surface area contributed by atoms with E-state index in [9.17, 15) is 28.7 Å². The Hall–Kier alpha value is -5.05.